The highest BCUT2D eigenvalue weighted by atomic mass is 32.2. The summed E-state index contributed by atoms with van der Waals surface area (Å²) in [6, 6.07) is 7.07. The van der Waals surface area contributed by atoms with Crippen molar-refractivity contribution in [1.82, 2.24) is 24.5 Å². The second-order valence-electron chi connectivity index (χ2n) is 7.64. The Bertz CT molecular complexity index is 1290. The molecule has 0 saturated carbocycles. The van der Waals surface area contributed by atoms with Crippen LogP contribution in [0.15, 0.2) is 41.8 Å². The number of hydrogen-bond acceptors (Lipinski definition) is 7. The molecule has 0 saturated heterocycles. The quantitative estimate of drug-likeness (QED) is 0.480. The fourth-order valence-corrected chi connectivity index (χ4v) is 4.91. The number of phenolic OH excluding ortho intramolecular Hbond substituents is 1. The summed E-state index contributed by atoms with van der Waals surface area (Å²) in [5, 5.41) is 14.6. The fourth-order valence-electron chi connectivity index (χ4n) is 3.81. The van der Waals surface area contributed by atoms with Crippen LogP contribution in [0, 0.1) is 12.7 Å². The molecule has 0 amide bonds. The maximum atomic E-state index is 13.5. The van der Waals surface area contributed by atoms with Crippen LogP contribution in [0.5, 0.6) is 5.75 Å². The van der Waals surface area contributed by atoms with Crippen LogP contribution in [0.3, 0.4) is 0 Å². The maximum absolute atomic E-state index is 13.5. The molecule has 3 aromatic heterocycles. The minimum absolute atomic E-state index is 0.0939. The Morgan fingerprint density at radius 1 is 1.23 bits per heavy atom. The van der Waals surface area contributed by atoms with Crippen LogP contribution >= 0.6 is 11.8 Å². The van der Waals surface area contributed by atoms with Crippen molar-refractivity contribution in [1.29, 1.82) is 0 Å². The number of benzene rings is 1. The monoisotopic (exact) mass is 436 g/mol. The molecule has 158 valence electrons. The Labute approximate surface area is 182 Å². The summed E-state index contributed by atoms with van der Waals surface area (Å²) in [5.41, 5.74) is 3.76. The number of anilines is 1. The van der Waals surface area contributed by atoms with E-state index in [0.717, 1.165) is 39.7 Å². The number of aryl methyl sites for hydroxylation is 1. The SMILES string of the molecule is Cc1nc(NCCc2ccc(O)c(-c3cncc(F)c3)c2)c2nc3n(c2n1)C(C)CS3. The smallest absolute Gasteiger partial charge is 0.170 e. The molecular weight excluding hydrogens is 415 g/mol. The summed E-state index contributed by atoms with van der Waals surface area (Å²) in [4.78, 5) is 17.8. The van der Waals surface area contributed by atoms with Crippen LogP contribution < -0.4 is 5.32 Å². The van der Waals surface area contributed by atoms with Crippen molar-refractivity contribution < 1.29 is 9.50 Å². The lowest BCUT2D eigenvalue weighted by Gasteiger charge is -2.11. The van der Waals surface area contributed by atoms with Gasteiger partial charge in [-0.3, -0.25) is 9.55 Å². The van der Waals surface area contributed by atoms with E-state index >= 15 is 0 Å². The van der Waals surface area contributed by atoms with Gasteiger partial charge in [-0.05, 0) is 44.0 Å². The van der Waals surface area contributed by atoms with Crippen LogP contribution in [-0.4, -0.2) is 41.9 Å². The number of halogens is 1. The highest BCUT2D eigenvalue weighted by Gasteiger charge is 2.26. The minimum atomic E-state index is -0.438. The fraction of sp³-hybridized carbons (Fsp3) is 0.273. The third-order valence-corrected chi connectivity index (χ3v) is 6.49. The molecule has 5 rings (SSSR count). The van der Waals surface area contributed by atoms with Crippen molar-refractivity contribution in [3.8, 4) is 16.9 Å². The molecule has 4 heterocycles. The second-order valence-corrected chi connectivity index (χ2v) is 8.62. The number of hydrogen-bond donors (Lipinski definition) is 2. The van der Waals surface area contributed by atoms with Gasteiger partial charge in [0.15, 0.2) is 22.1 Å². The van der Waals surface area contributed by atoms with Gasteiger partial charge in [0.25, 0.3) is 0 Å². The minimum Gasteiger partial charge on any atom is -0.507 e. The van der Waals surface area contributed by atoms with Gasteiger partial charge < -0.3 is 10.4 Å². The van der Waals surface area contributed by atoms with Crippen molar-refractivity contribution in [2.24, 2.45) is 0 Å². The van der Waals surface area contributed by atoms with Crippen LogP contribution in [0.4, 0.5) is 10.2 Å². The van der Waals surface area contributed by atoms with E-state index in [2.05, 4.69) is 31.8 Å². The van der Waals surface area contributed by atoms with Gasteiger partial charge in [-0.1, -0.05) is 17.8 Å². The zero-order chi connectivity index (χ0) is 21.5. The van der Waals surface area contributed by atoms with Crippen LogP contribution in [0.25, 0.3) is 22.3 Å². The topological polar surface area (TPSA) is 88.8 Å². The van der Waals surface area contributed by atoms with Crippen LogP contribution in [0.1, 0.15) is 24.4 Å². The first-order chi connectivity index (χ1) is 15.0. The van der Waals surface area contributed by atoms with E-state index in [9.17, 15) is 9.50 Å². The highest BCUT2D eigenvalue weighted by Crippen LogP contribution is 2.37. The van der Waals surface area contributed by atoms with Crippen molar-refractivity contribution in [2.45, 2.75) is 31.5 Å². The van der Waals surface area contributed by atoms with Crippen molar-refractivity contribution in [2.75, 3.05) is 17.6 Å². The van der Waals surface area contributed by atoms with Gasteiger partial charge in [0, 0.05) is 35.7 Å². The summed E-state index contributed by atoms with van der Waals surface area (Å²) >= 11 is 1.74. The summed E-state index contributed by atoms with van der Waals surface area (Å²) < 4.78 is 15.7. The molecule has 7 nitrogen and oxygen atoms in total. The zero-order valence-electron chi connectivity index (χ0n) is 17.1. The Balaban J connectivity index is 1.37. The molecule has 2 N–H and O–H groups in total. The van der Waals surface area contributed by atoms with E-state index in [0.29, 0.717) is 36.0 Å². The standard InChI is InChI=1S/C22H21FN6OS/c1-12-11-31-22-28-19-20(26-13(2)27-21(19)29(12)22)25-6-5-14-3-4-18(30)17(7-14)15-8-16(23)10-24-9-15/h3-4,7-10,12,30H,5-6,11H2,1-2H3,(H,25,26,27). The number of aromatic nitrogens is 5. The first kappa shape index (κ1) is 19.7. The number of nitrogens with zero attached hydrogens (tertiary/aromatic N) is 5. The first-order valence-corrected chi connectivity index (χ1v) is 11.0. The van der Waals surface area contributed by atoms with Crippen LogP contribution in [-0.2, 0) is 6.42 Å². The van der Waals surface area contributed by atoms with Crippen molar-refractivity contribution in [3.05, 3.63) is 53.9 Å². The molecule has 9 heteroatoms. The average molecular weight is 437 g/mol. The summed E-state index contributed by atoms with van der Waals surface area (Å²) in [6.45, 7) is 4.68. The molecule has 1 atom stereocenters. The lowest BCUT2D eigenvalue weighted by molar-refractivity contribution is 0.477. The number of thioether (sulfide) groups is 1. The largest absolute Gasteiger partial charge is 0.507 e. The molecular formula is C22H21FN6OS. The molecule has 0 spiro atoms. The molecule has 0 bridgehead atoms. The van der Waals surface area contributed by atoms with Gasteiger partial charge in [-0.25, -0.2) is 19.3 Å². The molecule has 0 radical (unpaired) electrons. The third-order valence-electron chi connectivity index (χ3n) is 5.30. The third kappa shape index (κ3) is 3.69. The number of fused-ring (bicyclic) bond motifs is 3. The Morgan fingerprint density at radius 3 is 2.94 bits per heavy atom. The van der Waals surface area contributed by atoms with E-state index in [1.54, 1.807) is 17.8 Å². The molecule has 1 aromatic carbocycles. The first-order valence-electron chi connectivity index (χ1n) is 10.1. The predicted molar refractivity (Wildman–Crippen MR) is 119 cm³/mol. The number of aromatic hydroxyl groups is 1. The number of rotatable bonds is 5. The van der Waals surface area contributed by atoms with Gasteiger partial charge in [-0.15, -0.1) is 0 Å². The van der Waals surface area contributed by atoms with E-state index < -0.39 is 5.82 Å². The Morgan fingerprint density at radius 2 is 2.10 bits per heavy atom. The van der Waals surface area contributed by atoms with Gasteiger partial charge in [0.1, 0.15) is 17.4 Å². The summed E-state index contributed by atoms with van der Waals surface area (Å²) in [7, 11) is 0. The molecule has 1 aliphatic heterocycles. The lowest BCUT2D eigenvalue weighted by Crippen LogP contribution is -2.09. The van der Waals surface area contributed by atoms with E-state index in [-0.39, 0.29) is 5.75 Å². The normalized spacial score (nSPS) is 15.4. The Hall–Kier alpha value is -3.20. The number of phenols is 1. The van der Waals surface area contributed by atoms with Crippen LogP contribution in [0.2, 0.25) is 0 Å². The van der Waals surface area contributed by atoms with Gasteiger partial charge in [0.05, 0.1) is 6.20 Å². The summed E-state index contributed by atoms with van der Waals surface area (Å²) in [6.07, 6.45) is 3.38. The predicted octanol–water partition coefficient (Wildman–Crippen LogP) is 4.36. The van der Waals surface area contributed by atoms with Gasteiger partial charge >= 0.3 is 0 Å². The molecule has 1 aliphatic rings. The van der Waals surface area contributed by atoms with E-state index in [1.807, 2.05) is 19.1 Å². The van der Waals surface area contributed by atoms with Crippen molar-refractivity contribution >= 4 is 28.7 Å². The average Bonchev–Trinajstić information content (AvgIpc) is 3.29. The zero-order valence-corrected chi connectivity index (χ0v) is 17.9. The Kier molecular flexibility index (Phi) is 4.97. The molecule has 1 unspecified atom stereocenters. The number of pyridine rings is 1. The summed E-state index contributed by atoms with van der Waals surface area (Å²) in [5.74, 6) is 2.09. The highest BCUT2D eigenvalue weighted by molar-refractivity contribution is 7.99. The molecule has 0 fully saturated rings. The maximum Gasteiger partial charge on any atom is 0.170 e. The van der Waals surface area contributed by atoms with Gasteiger partial charge in [0.2, 0.25) is 0 Å². The second kappa shape index (κ2) is 7.81. The molecule has 4 aromatic rings. The van der Waals surface area contributed by atoms with E-state index in [1.165, 1.54) is 12.3 Å². The molecule has 31 heavy (non-hydrogen) atoms. The number of nitrogens with one attached hydrogen (secondary N) is 1. The van der Waals surface area contributed by atoms with Crippen molar-refractivity contribution in [3.63, 3.8) is 0 Å². The lowest BCUT2D eigenvalue weighted by atomic mass is 10.0. The van der Waals surface area contributed by atoms with Gasteiger partial charge in [-0.2, -0.15) is 0 Å². The number of imidazole rings is 1. The molecule has 0 aliphatic carbocycles. The van der Waals surface area contributed by atoms with E-state index in [4.69, 9.17) is 4.98 Å².